The van der Waals surface area contributed by atoms with Gasteiger partial charge in [-0.2, -0.15) is 0 Å². The van der Waals surface area contributed by atoms with Gasteiger partial charge in [0.05, 0.1) is 0 Å². The van der Waals surface area contributed by atoms with Gasteiger partial charge in [-0.15, -0.1) is 0 Å². The van der Waals surface area contributed by atoms with E-state index in [0.29, 0.717) is 17.3 Å². The van der Waals surface area contributed by atoms with E-state index in [-0.39, 0.29) is 11.8 Å². The van der Waals surface area contributed by atoms with Crippen LogP contribution in [0, 0.1) is 6.92 Å². The van der Waals surface area contributed by atoms with Crippen LogP contribution in [-0.2, 0) is 11.3 Å². The van der Waals surface area contributed by atoms with Crippen molar-refractivity contribution < 1.29 is 9.59 Å². The molecule has 5 heteroatoms. The van der Waals surface area contributed by atoms with Crippen LogP contribution in [0.3, 0.4) is 0 Å². The quantitative estimate of drug-likeness (QED) is 0.728. The van der Waals surface area contributed by atoms with Crippen LogP contribution in [0.4, 0.5) is 11.4 Å². The molecule has 0 aromatic heterocycles. The molecular formula is C24H31N3O2. The Balaban J connectivity index is 1.73. The molecule has 3 rings (SSSR count). The van der Waals surface area contributed by atoms with Crippen molar-refractivity contribution in [3.8, 4) is 0 Å². The van der Waals surface area contributed by atoms with E-state index in [2.05, 4.69) is 28.6 Å². The maximum Gasteiger partial charge on any atom is 0.255 e. The molecule has 0 unspecified atom stereocenters. The van der Waals surface area contributed by atoms with Gasteiger partial charge in [0.25, 0.3) is 5.91 Å². The first-order valence-corrected chi connectivity index (χ1v) is 10.4. The minimum absolute atomic E-state index is 0.151. The van der Waals surface area contributed by atoms with Crippen molar-refractivity contribution in [2.75, 3.05) is 17.7 Å². The van der Waals surface area contributed by atoms with Crippen LogP contribution in [0.2, 0.25) is 0 Å². The van der Waals surface area contributed by atoms with Crippen LogP contribution in [0.1, 0.15) is 60.5 Å². The number of hydrogen-bond acceptors (Lipinski definition) is 3. The molecule has 0 atom stereocenters. The zero-order chi connectivity index (χ0) is 20.8. The first-order valence-electron chi connectivity index (χ1n) is 10.4. The second kappa shape index (κ2) is 9.70. The summed E-state index contributed by atoms with van der Waals surface area (Å²) in [6.45, 7) is 4.18. The fourth-order valence-corrected chi connectivity index (χ4v) is 3.98. The van der Waals surface area contributed by atoms with Gasteiger partial charge in [0.1, 0.15) is 0 Å². The maximum absolute atomic E-state index is 12.9. The van der Waals surface area contributed by atoms with Crippen LogP contribution < -0.4 is 10.6 Å². The van der Waals surface area contributed by atoms with Gasteiger partial charge in [-0.25, -0.2) is 0 Å². The Labute approximate surface area is 173 Å². The highest BCUT2D eigenvalue weighted by atomic mass is 16.2. The van der Waals surface area contributed by atoms with Gasteiger partial charge in [0, 0.05) is 36.4 Å². The fourth-order valence-electron chi connectivity index (χ4n) is 3.98. The van der Waals surface area contributed by atoms with E-state index in [1.165, 1.54) is 39.0 Å². The Bertz CT molecular complexity index is 872. The SMILES string of the molecule is CC(=O)Nc1cc(C(=O)Nc2ccccc2CN(C)C2CCCCC2)ccc1C. The third-order valence-electron chi connectivity index (χ3n) is 5.69. The normalized spacial score (nSPS) is 14.6. The second-order valence-electron chi connectivity index (χ2n) is 8.03. The molecule has 2 aromatic carbocycles. The fraction of sp³-hybridized carbons (Fsp3) is 0.417. The maximum atomic E-state index is 12.9. The van der Waals surface area contributed by atoms with E-state index in [1.54, 1.807) is 12.1 Å². The van der Waals surface area contributed by atoms with Gasteiger partial charge in [-0.3, -0.25) is 14.5 Å². The molecule has 1 saturated carbocycles. The Morgan fingerprint density at radius 2 is 1.72 bits per heavy atom. The molecule has 0 saturated heterocycles. The van der Waals surface area contributed by atoms with E-state index in [4.69, 9.17) is 0 Å². The number of nitrogens with zero attached hydrogens (tertiary/aromatic N) is 1. The van der Waals surface area contributed by atoms with Crippen LogP contribution in [0.25, 0.3) is 0 Å². The topological polar surface area (TPSA) is 61.4 Å². The third kappa shape index (κ3) is 5.67. The summed E-state index contributed by atoms with van der Waals surface area (Å²) in [6.07, 6.45) is 6.45. The van der Waals surface area contributed by atoms with Crippen LogP contribution in [-0.4, -0.2) is 29.8 Å². The van der Waals surface area contributed by atoms with Crippen LogP contribution in [0.15, 0.2) is 42.5 Å². The van der Waals surface area contributed by atoms with Crippen LogP contribution in [0.5, 0.6) is 0 Å². The molecular weight excluding hydrogens is 362 g/mol. The minimum Gasteiger partial charge on any atom is -0.326 e. The summed E-state index contributed by atoms with van der Waals surface area (Å²) in [6, 6.07) is 14.0. The number of nitrogens with one attached hydrogen (secondary N) is 2. The standard InChI is InChI=1S/C24H31N3O2/c1-17-13-14-19(15-23(17)25-18(2)28)24(29)26-22-12-8-7-9-20(22)16-27(3)21-10-5-4-6-11-21/h7-9,12-15,21H,4-6,10-11,16H2,1-3H3,(H,25,28)(H,26,29). The van der Waals surface area contributed by atoms with E-state index >= 15 is 0 Å². The summed E-state index contributed by atoms with van der Waals surface area (Å²) < 4.78 is 0. The molecule has 0 radical (unpaired) electrons. The molecule has 0 spiro atoms. The average molecular weight is 394 g/mol. The van der Waals surface area contributed by atoms with Gasteiger partial charge in [0.15, 0.2) is 0 Å². The lowest BCUT2D eigenvalue weighted by Gasteiger charge is -2.31. The summed E-state index contributed by atoms with van der Waals surface area (Å²) in [5, 5.41) is 5.84. The van der Waals surface area contributed by atoms with Crippen molar-refractivity contribution in [2.45, 2.75) is 58.5 Å². The highest BCUT2D eigenvalue weighted by molar-refractivity contribution is 6.05. The number of benzene rings is 2. The lowest BCUT2D eigenvalue weighted by Crippen LogP contribution is -2.33. The molecule has 2 aromatic rings. The second-order valence-corrected chi connectivity index (χ2v) is 8.03. The summed E-state index contributed by atoms with van der Waals surface area (Å²) in [5.74, 6) is -0.328. The molecule has 0 heterocycles. The monoisotopic (exact) mass is 393 g/mol. The van der Waals surface area contributed by atoms with Gasteiger partial charge in [-0.05, 0) is 56.1 Å². The van der Waals surface area contributed by atoms with Gasteiger partial charge in [0.2, 0.25) is 5.91 Å². The Kier molecular flexibility index (Phi) is 7.04. The summed E-state index contributed by atoms with van der Waals surface area (Å²) in [7, 11) is 2.17. The molecule has 1 aliphatic rings. The van der Waals surface area contributed by atoms with E-state index in [0.717, 1.165) is 23.4 Å². The molecule has 1 fully saturated rings. The van der Waals surface area contributed by atoms with Crippen molar-refractivity contribution in [3.63, 3.8) is 0 Å². The van der Waals surface area contributed by atoms with Crippen molar-refractivity contribution >= 4 is 23.2 Å². The van der Waals surface area contributed by atoms with Crippen molar-refractivity contribution in [2.24, 2.45) is 0 Å². The smallest absolute Gasteiger partial charge is 0.255 e. The minimum atomic E-state index is -0.177. The summed E-state index contributed by atoms with van der Waals surface area (Å²) in [4.78, 5) is 26.7. The number of carbonyl (C=O) groups excluding carboxylic acids is 2. The zero-order valence-corrected chi connectivity index (χ0v) is 17.6. The van der Waals surface area contributed by atoms with E-state index in [9.17, 15) is 9.59 Å². The van der Waals surface area contributed by atoms with Gasteiger partial charge in [-0.1, -0.05) is 43.5 Å². The number of anilines is 2. The molecule has 154 valence electrons. The van der Waals surface area contributed by atoms with Gasteiger partial charge >= 0.3 is 0 Å². The Morgan fingerprint density at radius 1 is 1.00 bits per heavy atom. The summed E-state index contributed by atoms with van der Waals surface area (Å²) in [5.41, 5.74) is 4.06. The Hall–Kier alpha value is -2.66. The predicted molar refractivity (Wildman–Crippen MR) is 118 cm³/mol. The zero-order valence-electron chi connectivity index (χ0n) is 17.6. The van der Waals surface area contributed by atoms with E-state index in [1.807, 2.05) is 31.2 Å². The number of carbonyl (C=O) groups is 2. The molecule has 29 heavy (non-hydrogen) atoms. The largest absolute Gasteiger partial charge is 0.326 e. The highest BCUT2D eigenvalue weighted by Gasteiger charge is 2.19. The average Bonchev–Trinajstić information content (AvgIpc) is 2.71. The molecule has 5 nitrogen and oxygen atoms in total. The molecule has 2 N–H and O–H groups in total. The van der Waals surface area contributed by atoms with Crippen molar-refractivity contribution in [3.05, 3.63) is 59.2 Å². The molecule has 2 amide bonds. The highest BCUT2D eigenvalue weighted by Crippen LogP contribution is 2.25. The first kappa shape index (κ1) is 21.1. The van der Waals surface area contributed by atoms with Crippen LogP contribution >= 0.6 is 0 Å². The van der Waals surface area contributed by atoms with E-state index < -0.39 is 0 Å². The number of rotatable bonds is 6. The lowest BCUT2D eigenvalue weighted by molar-refractivity contribution is -0.114. The molecule has 1 aliphatic carbocycles. The van der Waals surface area contributed by atoms with Crippen molar-refractivity contribution in [1.29, 1.82) is 0 Å². The number of amides is 2. The Morgan fingerprint density at radius 3 is 2.45 bits per heavy atom. The van der Waals surface area contributed by atoms with Crippen molar-refractivity contribution in [1.82, 2.24) is 4.90 Å². The summed E-state index contributed by atoms with van der Waals surface area (Å²) >= 11 is 0. The number of para-hydroxylation sites is 1. The third-order valence-corrected chi connectivity index (χ3v) is 5.69. The van der Waals surface area contributed by atoms with Gasteiger partial charge < -0.3 is 10.6 Å². The lowest BCUT2D eigenvalue weighted by atomic mass is 9.94. The predicted octanol–water partition coefficient (Wildman–Crippen LogP) is 4.97. The first-order chi connectivity index (χ1) is 13.9. The molecule has 0 bridgehead atoms. The number of hydrogen-bond donors (Lipinski definition) is 2. The molecule has 0 aliphatic heterocycles. The number of aryl methyl sites for hydroxylation is 1.